The Labute approximate surface area is 80.5 Å². The molecule has 0 aliphatic heterocycles. The summed E-state index contributed by atoms with van der Waals surface area (Å²) in [4.78, 5) is 13.1. The molecule has 0 fully saturated rings. The molecule has 0 aliphatic carbocycles. The highest BCUT2D eigenvalue weighted by Crippen LogP contribution is 2.02. The SMILES string of the molecule is O=[N+]([O-])c1ncn(CCCCCO)n1. The molecule has 0 amide bonds. The van der Waals surface area contributed by atoms with Gasteiger partial charge in [-0.05, 0) is 24.2 Å². The molecule has 0 unspecified atom stereocenters. The Morgan fingerprint density at radius 2 is 2.29 bits per heavy atom. The van der Waals surface area contributed by atoms with Gasteiger partial charge in [-0.2, -0.15) is 4.68 Å². The smallest absolute Gasteiger partial charge is 0.396 e. The van der Waals surface area contributed by atoms with Crippen LogP contribution in [0.1, 0.15) is 19.3 Å². The van der Waals surface area contributed by atoms with Crippen LogP contribution < -0.4 is 0 Å². The molecule has 0 atom stereocenters. The summed E-state index contributed by atoms with van der Waals surface area (Å²) in [5.74, 6) is -0.368. The molecule has 1 aromatic heterocycles. The Morgan fingerprint density at radius 3 is 2.86 bits per heavy atom. The molecule has 0 saturated heterocycles. The molecule has 0 aromatic carbocycles. The molecule has 14 heavy (non-hydrogen) atoms. The van der Waals surface area contributed by atoms with Crippen LogP contribution in [-0.4, -0.2) is 31.4 Å². The van der Waals surface area contributed by atoms with E-state index in [4.69, 9.17) is 5.11 Å². The number of aromatic nitrogens is 3. The van der Waals surface area contributed by atoms with E-state index in [2.05, 4.69) is 10.1 Å². The van der Waals surface area contributed by atoms with Crippen LogP contribution in [0.15, 0.2) is 6.33 Å². The summed E-state index contributed by atoms with van der Waals surface area (Å²) in [6.07, 6.45) is 3.80. The number of unbranched alkanes of at least 4 members (excludes halogenated alkanes) is 2. The van der Waals surface area contributed by atoms with Gasteiger partial charge in [-0.25, -0.2) is 0 Å². The van der Waals surface area contributed by atoms with Crippen molar-refractivity contribution in [3.05, 3.63) is 16.4 Å². The molecule has 1 aromatic rings. The van der Waals surface area contributed by atoms with E-state index in [0.29, 0.717) is 6.54 Å². The van der Waals surface area contributed by atoms with Crippen molar-refractivity contribution in [2.45, 2.75) is 25.8 Å². The molecular weight excluding hydrogens is 188 g/mol. The lowest BCUT2D eigenvalue weighted by molar-refractivity contribution is -0.394. The number of nitrogens with zero attached hydrogens (tertiary/aromatic N) is 4. The lowest BCUT2D eigenvalue weighted by atomic mass is 10.2. The van der Waals surface area contributed by atoms with Gasteiger partial charge in [-0.1, -0.05) is 4.98 Å². The first-order valence-electron chi connectivity index (χ1n) is 4.38. The van der Waals surface area contributed by atoms with Gasteiger partial charge < -0.3 is 15.2 Å². The lowest BCUT2D eigenvalue weighted by Crippen LogP contribution is -2.00. The van der Waals surface area contributed by atoms with Gasteiger partial charge in [0.2, 0.25) is 6.33 Å². The number of nitro groups is 1. The summed E-state index contributed by atoms with van der Waals surface area (Å²) in [5, 5.41) is 22.4. The van der Waals surface area contributed by atoms with Crippen LogP contribution in [0.3, 0.4) is 0 Å². The zero-order valence-corrected chi connectivity index (χ0v) is 7.67. The number of hydrogen-bond acceptors (Lipinski definition) is 5. The van der Waals surface area contributed by atoms with Gasteiger partial charge in [0, 0.05) is 11.7 Å². The molecular formula is C7H12N4O3. The molecule has 0 spiro atoms. The third-order valence-corrected chi connectivity index (χ3v) is 1.73. The average molecular weight is 200 g/mol. The van der Waals surface area contributed by atoms with Gasteiger partial charge in [0.1, 0.15) is 0 Å². The molecule has 1 N–H and O–H groups in total. The van der Waals surface area contributed by atoms with Gasteiger partial charge >= 0.3 is 5.95 Å². The summed E-state index contributed by atoms with van der Waals surface area (Å²) in [6.45, 7) is 0.776. The normalized spacial score (nSPS) is 10.4. The largest absolute Gasteiger partial charge is 0.490 e. The average Bonchev–Trinajstić information content (AvgIpc) is 2.61. The molecule has 1 heterocycles. The van der Waals surface area contributed by atoms with E-state index in [9.17, 15) is 10.1 Å². The van der Waals surface area contributed by atoms with Crippen molar-refractivity contribution in [2.75, 3.05) is 6.61 Å². The van der Waals surface area contributed by atoms with E-state index < -0.39 is 4.92 Å². The van der Waals surface area contributed by atoms with Crippen LogP contribution in [0, 0.1) is 10.1 Å². The maximum absolute atomic E-state index is 10.2. The van der Waals surface area contributed by atoms with Crippen LogP contribution in [0.5, 0.6) is 0 Å². The number of aliphatic hydroxyl groups is 1. The first kappa shape index (κ1) is 10.6. The fourth-order valence-electron chi connectivity index (χ4n) is 1.04. The Hall–Kier alpha value is -1.50. The minimum Gasteiger partial charge on any atom is -0.396 e. The van der Waals surface area contributed by atoms with Crippen LogP contribution in [0.25, 0.3) is 0 Å². The molecule has 78 valence electrons. The summed E-state index contributed by atoms with van der Waals surface area (Å²) >= 11 is 0. The van der Waals surface area contributed by atoms with Crippen LogP contribution in [-0.2, 0) is 6.54 Å². The standard InChI is InChI=1S/C7H12N4O3/c12-5-3-1-2-4-10-6-8-7(9-10)11(13)14/h6,12H,1-5H2. The van der Waals surface area contributed by atoms with E-state index in [0.717, 1.165) is 19.3 Å². The second-order valence-corrected chi connectivity index (χ2v) is 2.85. The zero-order chi connectivity index (χ0) is 10.4. The molecule has 7 heteroatoms. The molecule has 0 radical (unpaired) electrons. The minimum absolute atomic E-state index is 0.178. The quantitative estimate of drug-likeness (QED) is 0.406. The van der Waals surface area contributed by atoms with Gasteiger partial charge in [-0.3, -0.25) is 0 Å². The van der Waals surface area contributed by atoms with Crippen LogP contribution >= 0.6 is 0 Å². The van der Waals surface area contributed by atoms with E-state index >= 15 is 0 Å². The predicted molar refractivity (Wildman–Crippen MR) is 47.6 cm³/mol. The van der Waals surface area contributed by atoms with Crippen molar-refractivity contribution in [2.24, 2.45) is 0 Å². The van der Waals surface area contributed by atoms with E-state index in [1.54, 1.807) is 0 Å². The Morgan fingerprint density at radius 1 is 1.50 bits per heavy atom. The highest BCUT2D eigenvalue weighted by Gasteiger charge is 2.11. The van der Waals surface area contributed by atoms with Crippen molar-refractivity contribution in [3.8, 4) is 0 Å². The summed E-state index contributed by atoms with van der Waals surface area (Å²) in [7, 11) is 0. The number of hydrogen-bond donors (Lipinski definition) is 1. The summed E-state index contributed by atoms with van der Waals surface area (Å²) < 4.78 is 1.44. The first-order chi connectivity index (χ1) is 6.74. The van der Waals surface area contributed by atoms with Crippen LogP contribution in [0.2, 0.25) is 0 Å². The van der Waals surface area contributed by atoms with Crippen molar-refractivity contribution >= 4 is 5.95 Å². The van der Waals surface area contributed by atoms with Crippen molar-refractivity contribution in [3.63, 3.8) is 0 Å². The second-order valence-electron chi connectivity index (χ2n) is 2.85. The zero-order valence-electron chi connectivity index (χ0n) is 7.67. The Bertz CT molecular complexity index is 299. The van der Waals surface area contributed by atoms with Gasteiger partial charge in [0.25, 0.3) is 0 Å². The van der Waals surface area contributed by atoms with E-state index in [-0.39, 0.29) is 12.6 Å². The number of aliphatic hydroxyl groups excluding tert-OH is 1. The maximum Gasteiger partial charge on any atom is 0.490 e. The summed E-state index contributed by atoms with van der Waals surface area (Å²) in [5.41, 5.74) is 0. The van der Waals surface area contributed by atoms with Gasteiger partial charge in [-0.15, -0.1) is 0 Å². The monoisotopic (exact) mass is 200 g/mol. The Balaban J connectivity index is 2.33. The second kappa shape index (κ2) is 5.28. The fraction of sp³-hybridized carbons (Fsp3) is 0.714. The van der Waals surface area contributed by atoms with E-state index in [1.807, 2.05) is 0 Å². The molecule has 1 rings (SSSR count). The Kier molecular flexibility index (Phi) is 3.99. The molecule has 0 aliphatic rings. The maximum atomic E-state index is 10.2. The van der Waals surface area contributed by atoms with Gasteiger partial charge in [0.05, 0.1) is 6.54 Å². The summed E-state index contributed by atoms with van der Waals surface area (Å²) in [6, 6.07) is 0. The van der Waals surface area contributed by atoms with Crippen molar-refractivity contribution < 1.29 is 10.0 Å². The topological polar surface area (TPSA) is 94.1 Å². The minimum atomic E-state index is -0.621. The van der Waals surface area contributed by atoms with Gasteiger partial charge in [0.15, 0.2) is 0 Å². The molecule has 0 bridgehead atoms. The number of rotatable bonds is 6. The van der Waals surface area contributed by atoms with E-state index in [1.165, 1.54) is 11.0 Å². The van der Waals surface area contributed by atoms with Crippen LogP contribution in [0.4, 0.5) is 5.95 Å². The predicted octanol–water partition coefficient (Wildman–Crippen LogP) is 0.349. The number of aryl methyl sites for hydroxylation is 1. The van der Waals surface area contributed by atoms with Crippen molar-refractivity contribution in [1.82, 2.24) is 14.8 Å². The third-order valence-electron chi connectivity index (χ3n) is 1.73. The third kappa shape index (κ3) is 3.09. The first-order valence-corrected chi connectivity index (χ1v) is 4.38. The lowest BCUT2D eigenvalue weighted by Gasteiger charge is -1.95. The van der Waals surface area contributed by atoms with Crippen molar-refractivity contribution in [1.29, 1.82) is 0 Å². The fourth-order valence-corrected chi connectivity index (χ4v) is 1.04. The molecule has 0 saturated carbocycles. The molecule has 7 nitrogen and oxygen atoms in total. The highest BCUT2D eigenvalue weighted by atomic mass is 16.6. The highest BCUT2D eigenvalue weighted by molar-refractivity contribution is 4.96.